The minimum atomic E-state index is 0.00420. The van der Waals surface area contributed by atoms with Crippen LogP contribution < -0.4 is 0 Å². The van der Waals surface area contributed by atoms with Crippen LogP contribution in [0.3, 0.4) is 0 Å². The molecule has 0 aliphatic rings. The van der Waals surface area contributed by atoms with E-state index in [-0.39, 0.29) is 5.24 Å². The summed E-state index contributed by atoms with van der Waals surface area (Å²) in [5.41, 5.74) is 2.79. The third-order valence-corrected chi connectivity index (χ3v) is 2.23. The molecule has 0 saturated heterocycles. The standard InChI is InChI=1S/C8H11Cl2NOS/c1-13-8(12)11(6-2-4-9)7-3-5-10/h2-5H,6-7H2,1H3. The van der Waals surface area contributed by atoms with Gasteiger partial charge in [-0.2, -0.15) is 0 Å². The second-order valence-corrected chi connectivity index (χ2v) is 3.36. The zero-order valence-corrected chi connectivity index (χ0v) is 9.57. The molecule has 0 heterocycles. The van der Waals surface area contributed by atoms with E-state index in [0.717, 1.165) is 0 Å². The molecule has 0 bridgehead atoms. The Morgan fingerprint density at radius 2 is 1.77 bits per heavy atom. The summed E-state index contributed by atoms with van der Waals surface area (Å²) in [7, 11) is 0. The van der Waals surface area contributed by atoms with Crippen LogP contribution in [-0.4, -0.2) is 29.5 Å². The average molecular weight is 240 g/mol. The largest absolute Gasteiger partial charge is 0.326 e. The lowest BCUT2D eigenvalue weighted by atomic mass is 10.5. The summed E-state index contributed by atoms with van der Waals surface area (Å²) in [4.78, 5) is 12.9. The van der Waals surface area contributed by atoms with Crippen molar-refractivity contribution in [3.05, 3.63) is 23.2 Å². The van der Waals surface area contributed by atoms with Gasteiger partial charge in [-0.05, 0) is 6.26 Å². The highest BCUT2D eigenvalue weighted by Gasteiger charge is 2.07. The maximum Gasteiger partial charge on any atom is 0.281 e. The molecule has 5 heteroatoms. The molecule has 0 fully saturated rings. The smallest absolute Gasteiger partial charge is 0.281 e. The molecule has 0 aromatic rings. The molecule has 0 aromatic heterocycles. The van der Waals surface area contributed by atoms with Crippen molar-refractivity contribution in [1.82, 2.24) is 4.90 Å². The summed E-state index contributed by atoms with van der Waals surface area (Å²) in [6.07, 6.45) is 5.15. The Bertz CT molecular complexity index is 192. The van der Waals surface area contributed by atoms with Gasteiger partial charge < -0.3 is 4.90 Å². The molecule has 0 aliphatic carbocycles. The van der Waals surface area contributed by atoms with Gasteiger partial charge in [0.25, 0.3) is 5.24 Å². The quantitative estimate of drug-likeness (QED) is 0.751. The van der Waals surface area contributed by atoms with Gasteiger partial charge in [0.2, 0.25) is 0 Å². The van der Waals surface area contributed by atoms with E-state index >= 15 is 0 Å². The number of carbonyl (C=O) groups is 1. The van der Waals surface area contributed by atoms with Gasteiger partial charge in [0.15, 0.2) is 0 Å². The Balaban J connectivity index is 4.09. The van der Waals surface area contributed by atoms with Gasteiger partial charge in [0.05, 0.1) is 0 Å². The fourth-order valence-corrected chi connectivity index (χ4v) is 1.25. The Morgan fingerprint density at radius 3 is 2.08 bits per heavy atom. The Kier molecular flexibility index (Phi) is 8.40. The molecule has 0 atom stereocenters. The molecule has 2 nitrogen and oxygen atoms in total. The van der Waals surface area contributed by atoms with Crippen molar-refractivity contribution >= 4 is 40.2 Å². The van der Waals surface area contributed by atoms with Crippen molar-refractivity contribution < 1.29 is 4.79 Å². The van der Waals surface area contributed by atoms with Gasteiger partial charge >= 0.3 is 0 Å². The highest BCUT2D eigenvalue weighted by atomic mass is 35.5. The Hall–Kier alpha value is -0.120. The first-order chi connectivity index (χ1) is 6.26. The van der Waals surface area contributed by atoms with Crippen LogP contribution in [0.2, 0.25) is 0 Å². The fraction of sp³-hybridized carbons (Fsp3) is 0.375. The number of rotatable bonds is 4. The van der Waals surface area contributed by atoms with Crippen molar-refractivity contribution in [3.8, 4) is 0 Å². The first kappa shape index (κ1) is 12.9. The van der Waals surface area contributed by atoms with Crippen LogP contribution in [-0.2, 0) is 0 Å². The molecule has 1 amide bonds. The van der Waals surface area contributed by atoms with Crippen LogP contribution >= 0.6 is 35.0 Å². The van der Waals surface area contributed by atoms with E-state index in [1.165, 1.54) is 22.8 Å². The van der Waals surface area contributed by atoms with E-state index in [1.54, 1.807) is 23.3 Å². The number of carbonyl (C=O) groups excluding carboxylic acids is 1. The molecule has 13 heavy (non-hydrogen) atoms. The minimum absolute atomic E-state index is 0.00420. The van der Waals surface area contributed by atoms with E-state index in [1.807, 2.05) is 0 Å². The number of thioether (sulfide) groups is 1. The van der Waals surface area contributed by atoms with Crippen LogP contribution in [0.4, 0.5) is 4.79 Å². The van der Waals surface area contributed by atoms with Crippen LogP contribution in [0, 0.1) is 0 Å². The maximum absolute atomic E-state index is 11.3. The van der Waals surface area contributed by atoms with Gasteiger partial charge in [0.1, 0.15) is 0 Å². The molecular formula is C8H11Cl2NOS. The lowest BCUT2D eigenvalue weighted by Gasteiger charge is -2.17. The van der Waals surface area contributed by atoms with Crippen molar-refractivity contribution in [2.75, 3.05) is 19.3 Å². The van der Waals surface area contributed by atoms with Crippen molar-refractivity contribution in [2.45, 2.75) is 0 Å². The Labute approximate surface area is 92.6 Å². The van der Waals surface area contributed by atoms with E-state index in [0.29, 0.717) is 13.1 Å². The maximum atomic E-state index is 11.3. The number of hydrogen-bond donors (Lipinski definition) is 0. The van der Waals surface area contributed by atoms with E-state index in [9.17, 15) is 4.79 Å². The molecular weight excluding hydrogens is 229 g/mol. The zero-order valence-electron chi connectivity index (χ0n) is 7.24. The second-order valence-electron chi connectivity index (χ2n) is 2.10. The van der Waals surface area contributed by atoms with Crippen molar-refractivity contribution in [3.63, 3.8) is 0 Å². The molecule has 0 aliphatic heterocycles. The third-order valence-electron chi connectivity index (χ3n) is 1.26. The van der Waals surface area contributed by atoms with E-state index in [4.69, 9.17) is 23.2 Å². The van der Waals surface area contributed by atoms with Gasteiger partial charge in [-0.15, -0.1) is 0 Å². The number of nitrogens with zero attached hydrogens (tertiary/aromatic N) is 1. The summed E-state index contributed by atoms with van der Waals surface area (Å²) in [5.74, 6) is 0. The lowest BCUT2D eigenvalue weighted by molar-refractivity contribution is 0.233. The molecule has 0 radical (unpaired) electrons. The van der Waals surface area contributed by atoms with Crippen LogP contribution in [0.5, 0.6) is 0 Å². The molecule has 74 valence electrons. The summed E-state index contributed by atoms with van der Waals surface area (Å²) < 4.78 is 0. The van der Waals surface area contributed by atoms with Crippen LogP contribution in [0.25, 0.3) is 0 Å². The van der Waals surface area contributed by atoms with Crippen LogP contribution in [0.15, 0.2) is 23.2 Å². The predicted molar refractivity (Wildman–Crippen MR) is 60.5 cm³/mol. The normalized spacial score (nSPS) is 11.3. The summed E-state index contributed by atoms with van der Waals surface area (Å²) >= 11 is 11.9. The summed E-state index contributed by atoms with van der Waals surface area (Å²) in [5, 5.41) is 0.00420. The first-order valence-electron chi connectivity index (χ1n) is 3.59. The average Bonchev–Trinajstić information content (AvgIpc) is 2.17. The fourth-order valence-electron chi connectivity index (χ4n) is 0.687. The lowest BCUT2D eigenvalue weighted by Crippen LogP contribution is -2.27. The predicted octanol–water partition coefficient (Wildman–Crippen LogP) is 3.28. The molecule has 0 rings (SSSR count). The molecule has 0 unspecified atom stereocenters. The molecule has 0 saturated carbocycles. The highest BCUT2D eigenvalue weighted by Crippen LogP contribution is 2.05. The first-order valence-corrected chi connectivity index (χ1v) is 5.69. The van der Waals surface area contributed by atoms with Gasteiger partial charge in [0, 0.05) is 24.2 Å². The van der Waals surface area contributed by atoms with E-state index < -0.39 is 0 Å². The van der Waals surface area contributed by atoms with Gasteiger partial charge in [-0.25, -0.2) is 0 Å². The summed E-state index contributed by atoms with van der Waals surface area (Å²) in [6, 6.07) is 0. The minimum Gasteiger partial charge on any atom is -0.326 e. The molecule has 0 aromatic carbocycles. The van der Waals surface area contributed by atoms with Crippen molar-refractivity contribution in [2.24, 2.45) is 0 Å². The zero-order chi connectivity index (χ0) is 10.1. The van der Waals surface area contributed by atoms with Gasteiger partial charge in [-0.3, -0.25) is 4.79 Å². The number of amides is 1. The topological polar surface area (TPSA) is 20.3 Å². The third kappa shape index (κ3) is 6.02. The number of halogens is 2. The monoisotopic (exact) mass is 239 g/mol. The molecule has 0 N–H and O–H groups in total. The van der Waals surface area contributed by atoms with E-state index in [2.05, 4.69) is 0 Å². The SMILES string of the molecule is CSC(=O)N(CC=CCl)CC=CCl. The van der Waals surface area contributed by atoms with Gasteiger partial charge in [-0.1, -0.05) is 47.1 Å². The summed E-state index contributed by atoms with van der Waals surface area (Å²) in [6.45, 7) is 1.01. The Morgan fingerprint density at radius 1 is 1.31 bits per heavy atom. The number of hydrogen-bond acceptors (Lipinski definition) is 2. The highest BCUT2D eigenvalue weighted by molar-refractivity contribution is 8.12. The van der Waals surface area contributed by atoms with Crippen molar-refractivity contribution in [1.29, 1.82) is 0 Å². The molecule has 0 spiro atoms. The second kappa shape index (κ2) is 8.48. The van der Waals surface area contributed by atoms with Crippen LogP contribution in [0.1, 0.15) is 0 Å².